The van der Waals surface area contributed by atoms with Crippen LogP contribution in [0.15, 0.2) is 30.7 Å². The Labute approximate surface area is 119 Å². The van der Waals surface area contributed by atoms with Crippen molar-refractivity contribution in [2.75, 3.05) is 0 Å². The molecule has 0 aliphatic carbocycles. The number of rotatable bonds is 4. The van der Waals surface area contributed by atoms with Crippen LogP contribution in [0.4, 0.5) is 4.39 Å². The quantitative estimate of drug-likeness (QED) is 0.824. The number of aromatic nitrogens is 3. The zero-order chi connectivity index (χ0) is 14.8. The monoisotopic (exact) mass is 275 g/mol. The Kier molecular flexibility index (Phi) is 4.21. The molecular formula is C16H22FN3. The summed E-state index contributed by atoms with van der Waals surface area (Å²) in [6, 6.07) is 3.45. The summed E-state index contributed by atoms with van der Waals surface area (Å²) >= 11 is 0. The summed E-state index contributed by atoms with van der Waals surface area (Å²) < 4.78 is 14.8. The highest BCUT2D eigenvalue weighted by Crippen LogP contribution is 2.26. The summed E-state index contributed by atoms with van der Waals surface area (Å²) in [5.74, 6) is -0.320. The van der Waals surface area contributed by atoms with Gasteiger partial charge in [-0.1, -0.05) is 20.8 Å². The summed E-state index contributed by atoms with van der Waals surface area (Å²) in [7, 11) is 0. The van der Waals surface area contributed by atoms with Crippen LogP contribution in [-0.4, -0.2) is 14.8 Å². The predicted molar refractivity (Wildman–Crippen MR) is 78.8 cm³/mol. The molecule has 0 aliphatic heterocycles. The molecule has 0 fully saturated rings. The molecule has 1 unspecified atom stereocenters. The minimum Gasteiger partial charge on any atom is -0.269 e. The van der Waals surface area contributed by atoms with Crippen molar-refractivity contribution in [1.82, 2.24) is 14.8 Å². The smallest absolute Gasteiger partial charge is 0.141 e. The normalized spacial score (nSPS) is 13.4. The van der Waals surface area contributed by atoms with E-state index in [-0.39, 0.29) is 5.82 Å². The lowest BCUT2D eigenvalue weighted by Crippen LogP contribution is -2.11. The fourth-order valence-corrected chi connectivity index (χ4v) is 2.03. The number of halogens is 1. The van der Waals surface area contributed by atoms with E-state index in [2.05, 4.69) is 37.8 Å². The SMILES string of the molecule is CC(CCC(C)(C)C)n1cc(-c2ccc(F)cn2)cn1. The van der Waals surface area contributed by atoms with E-state index in [0.717, 1.165) is 24.1 Å². The number of nitrogens with zero attached hydrogens (tertiary/aromatic N) is 3. The highest BCUT2D eigenvalue weighted by Gasteiger charge is 2.14. The van der Waals surface area contributed by atoms with Gasteiger partial charge in [-0.3, -0.25) is 9.67 Å². The van der Waals surface area contributed by atoms with Gasteiger partial charge in [-0.2, -0.15) is 5.10 Å². The molecular weight excluding hydrogens is 253 g/mol. The maximum Gasteiger partial charge on any atom is 0.141 e. The molecule has 1 atom stereocenters. The Bertz CT molecular complexity index is 552. The summed E-state index contributed by atoms with van der Waals surface area (Å²) in [5.41, 5.74) is 2.01. The van der Waals surface area contributed by atoms with Gasteiger partial charge in [-0.15, -0.1) is 0 Å². The van der Waals surface area contributed by atoms with Gasteiger partial charge in [-0.05, 0) is 37.3 Å². The van der Waals surface area contributed by atoms with Crippen LogP contribution in [0, 0.1) is 11.2 Å². The van der Waals surface area contributed by atoms with Gasteiger partial charge in [0.15, 0.2) is 0 Å². The highest BCUT2D eigenvalue weighted by molar-refractivity contribution is 5.56. The molecule has 0 bridgehead atoms. The molecule has 0 radical (unpaired) electrons. The van der Waals surface area contributed by atoms with E-state index in [9.17, 15) is 4.39 Å². The van der Waals surface area contributed by atoms with Crippen molar-refractivity contribution in [2.45, 2.75) is 46.6 Å². The molecule has 0 N–H and O–H groups in total. The van der Waals surface area contributed by atoms with Gasteiger partial charge >= 0.3 is 0 Å². The summed E-state index contributed by atoms with van der Waals surface area (Å²) in [6.45, 7) is 8.91. The summed E-state index contributed by atoms with van der Waals surface area (Å²) in [4.78, 5) is 4.08. The van der Waals surface area contributed by atoms with Gasteiger partial charge < -0.3 is 0 Å². The number of pyridine rings is 1. The highest BCUT2D eigenvalue weighted by atomic mass is 19.1. The van der Waals surface area contributed by atoms with Crippen molar-refractivity contribution in [2.24, 2.45) is 5.41 Å². The maximum absolute atomic E-state index is 12.9. The van der Waals surface area contributed by atoms with Gasteiger partial charge in [-0.25, -0.2) is 4.39 Å². The second kappa shape index (κ2) is 5.73. The lowest BCUT2D eigenvalue weighted by atomic mass is 9.89. The van der Waals surface area contributed by atoms with Crippen molar-refractivity contribution < 1.29 is 4.39 Å². The molecule has 2 rings (SSSR count). The zero-order valence-electron chi connectivity index (χ0n) is 12.6. The first-order chi connectivity index (χ1) is 9.35. The van der Waals surface area contributed by atoms with E-state index >= 15 is 0 Å². The lowest BCUT2D eigenvalue weighted by Gasteiger charge is -2.21. The standard InChI is InChI=1S/C16H22FN3/c1-12(7-8-16(2,3)4)20-11-13(9-19-20)15-6-5-14(17)10-18-15/h5-6,9-12H,7-8H2,1-4H3. The Morgan fingerprint density at radius 2 is 2.00 bits per heavy atom. The second-order valence-corrected chi connectivity index (χ2v) is 6.52. The molecule has 0 spiro atoms. The fourth-order valence-electron chi connectivity index (χ4n) is 2.03. The van der Waals surface area contributed by atoms with Crippen LogP contribution in [-0.2, 0) is 0 Å². The molecule has 0 saturated carbocycles. The van der Waals surface area contributed by atoms with Crippen LogP contribution in [0.3, 0.4) is 0 Å². The third-order valence-electron chi connectivity index (χ3n) is 3.39. The van der Waals surface area contributed by atoms with Crippen molar-refractivity contribution in [3.05, 3.63) is 36.5 Å². The molecule has 4 heteroatoms. The van der Waals surface area contributed by atoms with Crippen LogP contribution in [0.2, 0.25) is 0 Å². The van der Waals surface area contributed by atoms with Gasteiger partial charge in [0, 0.05) is 17.8 Å². The Balaban J connectivity index is 2.06. The average Bonchev–Trinajstić information content (AvgIpc) is 2.85. The predicted octanol–water partition coefficient (Wildman–Crippen LogP) is 4.47. The molecule has 0 aromatic carbocycles. The topological polar surface area (TPSA) is 30.7 Å². The van der Waals surface area contributed by atoms with Gasteiger partial charge in [0.05, 0.1) is 18.1 Å². The van der Waals surface area contributed by atoms with E-state index in [4.69, 9.17) is 0 Å². The molecule has 2 heterocycles. The van der Waals surface area contributed by atoms with Crippen molar-refractivity contribution in [1.29, 1.82) is 0 Å². The van der Waals surface area contributed by atoms with Gasteiger partial charge in [0.1, 0.15) is 5.82 Å². The lowest BCUT2D eigenvalue weighted by molar-refractivity contribution is 0.320. The largest absolute Gasteiger partial charge is 0.269 e. The van der Waals surface area contributed by atoms with Crippen molar-refractivity contribution in [3.63, 3.8) is 0 Å². The van der Waals surface area contributed by atoms with E-state index in [0.29, 0.717) is 11.5 Å². The minimum atomic E-state index is -0.320. The third kappa shape index (κ3) is 3.89. The summed E-state index contributed by atoms with van der Waals surface area (Å²) in [5, 5.41) is 4.40. The molecule has 2 aromatic rings. The average molecular weight is 275 g/mol. The van der Waals surface area contributed by atoms with E-state index in [1.807, 2.05) is 10.9 Å². The van der Waals surface area contributed by atoms with Crippen LogP contribution in [0.5, 0.6) is 0 Å². The second-order valence-electron chi connectivity index (χ2n) is 6.52. The Morgan fingerprint density at radius 1 is 1.25 bits per heavy atom. The van der Waals surface area contributed by atoms with Crippen molar-refractivity contribution >= 4 is 0 Å². The number of hydrogen-bond donors (Lipinski definition) is 0. The molecule has 0 saturated heterocycles. The Morgan fingerprint density at radius 3 is 2.60 bits per heavy atom. The van der Waals surface area contributed by atoms with E-state index in [1.165, 1.54) is 12.3 Å². The first-order valence-electron chi connectivity index (χ1n) is 7.01. The molecule has 108 valence electrons. The Hall–Kier alpha value is -1.71. The van der Waals surface area contributed by atoms with Crippen molar-refractivity contribution in [3.8, 4) is 11.3 Å². The summed E-state index contributed by atoms with van der Waals surface area (Å²) in [6.07, 6.45) is 7.23. The molecule has 20 heavy (non-hydrogen) atoms. The van der Waals surface area contributed by atoms with Gasteiger partial charge in [0.2, 0.25) is 0 Å². The third-order valence-corrected chi connectivity index (χ3v) is 3.39. The van der Waals surface area contributed by atoms with Gasteiger partial charge in [0.25, 0.3) is 0 Å². The van der Waals surface area contributed by atoms with Crippen LogP contribution in [0.1, 0.15) is 46.6 Å². The molecule has 0 amide bonds. The van der Waals surface area contributed by atoms with Crippen LogP contribution >= 0.6 is 0 Å². The van der Waals surface area contributed by atoms with E-state index in [1.54, 1.807) is 12.3 Å². The number of hydrogen-bond acceptors (Lipinski definition) is 2. The minimum absolute atomic E-state index is 0.320. The molecule has 0 aliphatic rings. The first-order valence-corrected chi connectivity index (χ1v) is 7.01. The zero-order valence-corrected chi connectivity index (χ0v) is 12.6. The van der Waals surface area contributed by atoms with E-state index < -0.39 is 0 Å². The fraction of sp³-hybridized carbons (Fsp3) is 0.500. The van der Waals surface area contributed by atoms with Crippen LogP contribution < -0.4 is 0 Å². The van der Waals surface area contributed by atoms with Crippen LogP contribution in [0.25, 0.3) is 11.3 Å². The maximum atomic E-state index is 12.9. The molecule has 2 aromatic heterocycles. The first kappa shape index (κ1) is 14.7. The molecule has 3 nitrogen and oxygen atoms in total.